The van der Waals surface area contributed by atoms with Gasteiger partial charge in [-0.25, -0.2) is 0 Å². The Balaban J connectivity index is 2.67. The zero-order valence-corrected chi connectivity index (χ0v) is 10.7. The molecule has 0 radical (unpaired) electrons. The number of rotatable bonds is 2. The van der Waals surface area contributed by atoms with Gasteiger partial charge in [0.1, 0.15) is 0 Å². The number of hydrogen-bond donors (Lipinski definition) is 2. The highest BCUT2D eigenvalue weighted by atomic mass is 35.5. The fraction of sp³-hybridized carbons (Fsp3) is 0. The number of nitrogens with zero attached hydrogens (tertiary/aromatic N) is 1. The number of nitrogens with two attached hydrogens (primary N) is 2. The van der Waals surface area contributed by atoms with Crippen molar-refractivity contribution < 1.29 is 4.79 Å². The molecule has 1 aromatic carbocycles. The molecule has 0 saturated heterocycles. The molecular formula is C12H9Cl2N3O. The zero-order valence-electron chi connectivity index (χ0n) is 9.15. The van der Waals surface area contributed by atoms with Crippen molar-refractivity contribution in [2.24, 2.45) is 5.73 Å². The van der Waals surface area contributed by atoms with Gasteiger partial charge in [0, 0.05) is 17.4 Å². The van der Waals surface area contributed by atoms with Crippen LogP contribution < -0.4 is 11.5 Å². The van der Waals surface area contributed by atoms with Crippen LogP contribution in [0.15, 0.2) is 30.5 Å². The Hall–Kier alpha value is -1.78. The van der Waals surface area contributed by atoms with E-state index in [1.807, 2.05) is 0 Å². The van der Waals surface area contributed by atoms with Gasteiger partial charge in [0.2, 0.25) is 0 Å². The summed E-state index contributed by atoms with van der Waals surface area (Å²) in [6.07, 6.45) is 1.50. The highest BCUT2D eigenvalue weighted by Crippen LogP contribution is 2.30. The van der Waals surface area contributed by atoms with Crippen LogP contribution in [0.1, 0.15) is 10.4 Å². The van der Waals surface area contributed by atoms with E-state index < -0.39 is 5.91 Å². The molecule has 0 unspecified atom stereocenters. The van der Waals surface area contributed by atoms with E-state index in [0.717, 1.165) is 0 Å². The van der Waals surface area contributed by atoms with Crippen LogP contribution in [0.2, 0.25) is 10.0 Å². The monoisotopic (exact) mass is 281 g/mol. The minimum atomic E-state index is -0.637. The molecule has 0 atom stereocenters. The molecule has 1 amide bonds. The lowest BCUT2D eigenvalue weighted by Crippen LogP contribution is -2.15. The lowest BCUT2D eigenvalue weighted by atomic mass is 10.0. The number of halogens is 2. The maximum Gasteiger partial charge on any atom is 0.253 e. The third kappa shape index (κ3) is 2.25. The van der Waals surface area contributed by atoms with Crippen molar-refractivity contribution in [3.05, 3.63) is 46.1 Å². The predicted molar refractivity (Wildman–Crippen MR) is 72.6 cm³/mol. The number of carbonyl (C=O) groups excluding carboxylic acids is 1. The van der Waals surface area contributed by atoms with Crippen molar-refractivity contribution in [2.45, 2.75) is 0 Å². The number of nitrogen functional groups attached to an aromatic ring is 1. The van der Waals surface area contributed by atoms with E-state index in [1.54, 1.807) is 18.2 Å². The van der Waals surface area contributed by atoms with E-state index in [4.69, 9.17) is 34.7 Å². The Morgan fingerprint density at radius 2 is 1.89 bits per heavy atom. The molecule has 1 aromatic heterocycles. The van der Waals surface area contributed by atoms with E-state index in [2.05, 4.69) is 4.98 Å². The van der Waals surface area contributed by atoms with Crippen LogP contribution in [0, 0.1) is 0 Å². The maximum atomic E-state index is 11.4. The van der Waals surface area contributed by atoms with Gasteiger partial charge in [0.15, 0.2) is 0 Å². The summed E-state index contributed by atoms with van der Waals surface area (Å²) in [5.41, 5.74) is 12.5. The number of primary amides is 1. The summed E-state index contributed by atoms with van der Waals surface area (Å²) in [6.45, 7) is 0. The van der Waals surface area contributed by atoms with Crippen LogP contribution in [0.3, 0.4) is 0 Å². The molecular weight excluding hydrogens is 273 g/mol. The molecule has 2 aromatic rings. The number of aromatic nitrogens is 1. The molecule has 0 aliphatic rings. The molecule has 0 aliphatic carbocycles. The minimum absolute atomic E-state index is 0.177. The third-order valence-corrected chi connectivity index (χ3v) is 3.16. The molecule has 4 N–H and O–H groups in total. The Bertz CT molecular complexity index is 629. The molecule has 0 spiro atoms. The van der Waals surface area contributed by atoms with E-state index >= 15 is 0 Å². The Morgan fingerprint density at radius 3 is 2.50 bits per heavy atom. The molecule has 6 heteroatoms. The summed E-state index contributed by atoms with van der Waals surface area (Å²) in [6, 6.07) is 6.44. The third-order valence-electron chi connectivity index (χ3n) is 2.42. The van der Waals surface area contributed by atoms with Gasteiger partial charge in [0.05, 0.1) is 21.3 Å². The Labute approximate surface area is 114 Å². The van der Waals surface area contributed by atoms with Gasteiger partial charge in [0.25, 0.3) is 5.91 Å². The quantitative estimate of drug-likeness (QED) is 0.888. The van der Waals surface area contributed by atoms with E-state index in [0.29, 0.717) is 21.3 Å². The molecule has 1 heterocycles. The summed E-state index contributed by atoms with van der Waals surface area (Å²) in [7, 11) is 0. The van der Waals surface area contributed by atoms with E-state index in [1.165, 1.54) is 12.3 Å². The van der Waals surface area contributed by atoms with Crippen molar-refractivity contribution >= 4 is 34.8 Å². The van der Waals surface area contributed by atoms with Crippen molar-refractivity contribution in [1.29, 1.82) is 0 Å². The van der Waals surface area contributed by atoms with Crippen molar-refractivity contribution in [2.75, 3.05) is 5.73 Å². The van der Waals surface area contributed by atoms with Crippen molar-refractivity contribution in [3.8, 4) is 11.3 Å². The standard InChI is InChI=1S/C12H9Cl2N3O/c13-7-2-1-6(5-8(7)14)11-10(12(16)18)9(15)3-4-17-11/h1-5H,(H2,15,17)(H2,16,18). The van der Waals surface area contributed by atoms with Gasteiger partial charge in [-0.05, 0) is 18.2 Å². The Kier molecular flexibility index (Phi) is 3.41. The first-order valence-corrected chi connectivity index (χ1v) is 5.76. The van der Waals surface area contributed by atoms with Crippen LogP contribution in [-0.2, 0) is 0 Å². The largest absolute Gasteiger partial charge is 0.398 e. The number of benzene rings is 1. The van der Waals surface area contributed by atoms with Crippen molar-refractivity contribution in [3.63, 3.8) is 0 Å². The zero-order chi connectivity index (χ0) is 13.3. The minimum Gasteiger partial charge on any atom is -0.398 e. The Morgan fingerprint density at radius 1 is 1.17 bits per heavy atom. The molecule has 0 saturated carbocycles. The molecule has 18 heavy (non-hydrogen) atoms. The van der Waals surface area contributed by atoms with Gasteiger partial charge in [-0.15, -0.1) is 0 Å². The van der Waals surface area contributed by atoms with Crippen molar-refractivity contribution in [1.82, 2.24) is 4.98 Å². The van der Waals surface area contributed by atoms with Gasteiger partial charge in [-0.1, -0.05) is 29.3 Å². The smallest absolute Gasteiger partial charge is 0.253 e. The number of pyridine rings is 1. The predicted octanol–water partition coefficient (Wildman–Crippen LogP) is 2.74. The summed E-state index contributed by atoms with van der Waals surface area (Å²) in [5, 5.41) is 0.791. The molecule has 2 rings (SSSR count). The lowest BCUT2D eigenvalue weighted by molar-refractivity contribution is 0.100. The van der Waals surface area contributed by atoms with Gasteiger partial charge >= 0.3 is 0 Å². The topological polar surface area (TPSA) is 82.0 Å². The molecule has 0 aliphatic heterocycles. The first-order valence-electron chi connectivity index (χ1n) is 5.00. The second-order valence-electron chi connectivity index (χ2n) is 3.62. The second-order valence-corrected chi connectivity index (χ2v) is 4.43. The summed E-state index contributed by atoms with van der Waals surface area (Å²) in [5.74, 6) is -0.637. The van der Waals surface area contributed by atoms with E-state index in [9.17, 15) is 4.79 Å². The van der Waals surface area contributed by atoms with Crippen LogP contribution in [-0.4, -0.2) is 10.9 Å². The normalized spacial score (nSPS) is 10.3. The average Bonchev–Trinajstić information content (AvgIpc) is 2.32. The fourth-order valence-corrected chi connectivity index (χ4v) is 1.90. The number of anilines is 1. The lowest BCUT2D eigenvalue weighted by Gasteiger charge is -2.09. The number of hydrogen-bond acceptors (Lipinski definition) is 3. The van der Waals surface area contributed by atoms with Gasteiger partial charge in [-0.3, -0.25) is 9.78 Å². The van der Waals surface area contributed by atoms with Gasteiger partial charge < -0.3 is 11.5 Å². The highest BCUT2D eigenvalue weighted by Gasteiger charge is 2.15. The first-order chi connectivity index (χ1) is 8.50. The fourth-order valence-electron chi connectivity index (χ4n) is 1.60. The SMILES string of the molecule is NC(=O)c1c(N)ccnc1-c1ccc(Cl)c(Cl)c1. The molecule has 0 bridgehead atoms. The highest BCUT2D eigenvalue weighted by molar-refractivity contribution is 6.42. The summed E-state index contributed by atoms with van der Waals surface area (Å²) >= 11 is 11.8. The summed E-state index contributed by atoms with van der Waals surface area (Å²) < 4.78 is 0. The number of amides is 1. The molecule has 92 valence electrons. The van der Waals surface area contributed by atoms with Crippen LogP contribution >= 0.6 is 23.2 Å². The van der Waals surface area contributed by atoms with Gasteiger partial charge in [-0.2, -0.15) is 0 Å². The second kappa shape index (κ2) is 4.84. The molecule has 4 nitrogen and oxygen atoms in total. The number of carbonyl (C=O) groups is 1. The van der Waals surface area contributed by atoms with Crippen LogP contribution in [0.25, 0.3) is 11.3 Å². The summed E-state index contributed by atoms with van der Waals surface area (Å²) in [4.78, 5) is 15.5. The maximum absolute atomic E-state index is 11.4. The molecule has 0 fully saturated rings. The van der Waals surface area contributed by atoms with Crippen LogP contribution in [0.4, 0.5) is 5.69 Å². The first kappa shape index (κ1) is 12.7. The average molecular weight is 282 g/mol. The van der Waals surface area contributed by atoms with Crippen LogP contribution in [0.5, 0.6) is 0 Å². The van der Waals surface area contributed by atoms with E-state index in [-0.39, 0.29) is 11.3 Å².